The molecule has 3 heteroatoms. The summed E-state index contributed by atoms with van der Waals surface area (Å²) in [6, 6.07) is 0. The Hall–Kier alpha value is -0.0151. The van der Waals surface area contributed by atoms with Gasteiger partial charge in [-0.25, -0.2) is 0 Å². The second kappa shape index (κ2) is 13.1. The first-order chi connectivity index (χ1) is 18.4. The van der Waals surface area contributed by atoms with Crippen molar-refractivity contribution in [2.45, 2.75) is 208 Å². The normalized spacial score (nSPS) is 44.8. The van der Waals surface area contributed by atoms with Gasteiger partial charge in [0.15, 0.2) is 6.71 Å². The molecule has 0 aromatic rings. The van der Waals surface area contributed by atoms with Crippen LogP contribution in [0.3, 0.4) is 0 Å². The maximum absolute atomic E-state index is 7.42. The third kappa shape index (κ3) is 5.75. The molecule has 0 aromatic carbocycles. The molecule has 210 valence electrons. The summed E-state index contributed by atoms with van der Waals surface area (Å²) >= 11 is 0. The van der Waals surface area contributed by atoms with E-state index in [1.165, 1.54) is 167 Å². The second-order valence-electron chi connectivity index (χ2n) is 14.5. The molecule has 0 bridgehead atoms. The summed E-state index contributed by atoms with van der Waals surface area (Å²) in [6.07, 6.45) is 39.4. The average Bonchev–Trinajstić information content (AvgIpc) is 3.51. The summed E-state index contributed by atoms with van der Waals surface area (Å²) in [4.78, 5) is 0. The highest BCUT2D eigenvalue weighted by atomic mass is 16.5. The standard InChI is InChI=1S/C34H59BO2/c1-2-7-14-20-26-32-34-27(21-15-9-4-1)33(34)37-31-25-19-12-6-3-5-10-16-23-29(31)35(34)28-22-17-11-8-13-18-24-30(28)36-32/h27-33H,1-26H2/t27-,28?,29?,30?,31?,32?,33?,34?/m0/s1. The number of rotatable bonds is 0. The number of hydrogen-bond donors (Lipinski definition) is 0. The van der Waals surface area contributed by atoms with Crippen LogP contribution in [0.15, 0.2) is 0 Å². The zero-order valence-corrected chi connectivity index (χ0v) is 24.3. The molecule has 2 nitrogen and oxygen atoms in total. The van der Waals surface area contributed by atoms with E-state index >= 15 is 0 Å². The van der Waals surface area contributed by atoms with Gasteiger partial charge in [0.25, 0.3) is 0 Å². The zero-order chi connectivity index (χ0) is 24.9. The van der Waals surface area contributed by atoms with Crippen molar-refractivity contribution >= 4 is 6.71 Å². The molecule has 2 saturated heterocycles. The van der Waals surface area contributed by atoms with E-state index < -0.39 is 0 Å². The van der Waals surface area contributed by atoms with Crippen LogP contribution in [0, 0.1) is 5.92 Å². The summed E-state index contributed by atoms with van der Waals surface area (Å²) in [6.45, 7) is 0.897. The first kappa shape index (κ1) is 27.2. The maximum atomic E-state index is 7.42. The maximum Gasteiger partial charge on any atom is 0.166 e. The van der Waals surface area contributed by atoms with Gasteiger partial charge in [-0.1, -0.05) is 141 Å². The molecule has 4 aliphatic carbocycles. The summed E-state index contributed by atoms with van der Waals surface area (Å²) < 4.78 is 14.8. The predicted octanol–water partition coefficient (Wildman–Crippen LogP) is 10.3. The van der Waals surface area contributed by atoms with Gasteiger partial charge in [0, 0.05) is 5.31 Å². The van der Waals surface area contributed by atoms with Gasteiger partial charge in [-0.3, -0.25) is 0 Å². The quantitative estimate of drug-likeness (QED) is 0.302. The first-order valence-corrected chi connectivity index (χ1v) is 17.7. The molecule has 2 heterocycles. The van der Waals surface area contributed by atoms with Crippen molar-refractivity contribution in [1.29, 1.82) is 0 Å². The number of fused-ring (bicyclic) bond motifs is 5. The average molecular weight is 511 g/mol. The van der Waals surface area contributed by atoms with Gasteiger partial charge in [-0.15, -0.1) is 0 Å². The lowest BCUT2D eigenvalue weighted by Crippen LogP contribution is -2.57. The summed E-state index contributed by atoms with van der Waals surface area (Å²) in [5.41, 5.74) is 0. The molecular weight excluding hydrogens is 451 g/mol. The van der Waals surface area contributed by atoms with Crippen molar-refractivity contribution < 1.29 is 9.47 Å². The lowest BCUT2D eigenvalue weighted by molar-refractivity contribution is -0.0803. The molecule has 0 amide bonds. The van der Waals surface area contributed by atoms with Gasteiger partial charge in [0.05, 0.1) is 24.4 Å². The molecule has 6 rings (SSSR count). The van der Waals surface area contributed by atoms with E-state index in [9.17, 15) is 0 Å². The van der Waals surface area contributed by atoms with E-state index in [1.807, 2.05) is 0 Å². The van der Waals surface area contributed by atoms with E-state index in [-0.39, 0.29) is 0 Å². The summed E-state index contributed by atoms with van der Waals surface area (Å²) in [5.74, 6) is 2.44. The number of hydrogen-bond acceptors (Lipinski definition) is 2. The second-order valence-corrected chi connectivity index (χ2v) is 14.5. The van der Waals surface area contributed by atoms with Crippen LogP contribution in [0.5, 0.6) is 0 Å². The van der Waals surface area contributed by atoms with Crippen molar-refractivity contribution in [2.75, 3.05) is 0 Å². The van der Waals surface area contributed by atoms with Crippen LogP contribution >= 0.6 is 0 Å². The van der Waals surface area contributed by atoms with Crippen LogP contribution in [-0.4, -0.2) is 31.1 Å². The smallest absolute Gasteiger partial charge is 0.166 e. The van der Waals surface area contributed by atoms with Gasteiger partial charge >= 0.3 is 0 Å². The molecule has 4 saturated carbocycles. The van der Waals surface area contributed by atoms with E-state index in [2.05, 4.69) is 0 Å². The van der Waals surface area contributed by atoms with E-state index in [0.717, 1.165) is 24.3 Å². The van der Waals surface area contributed by atoms with E-state index in [1.54, 1.807) is 0 Å². The Morgan fingerprint density at radius 2 is 0.811 bits per heavy atom. The molecule has 6 fully saturated rings. The van der Waals surface area contributed by atoms with Gasteiger partial charge < -0.3 is 9.47 Å². The third-order valence-electron chi connectivity index (χ3n) is 12.3. The fourth-order valence-corrected chi connectivity index (χ4v) is 10.6. The Morgan fingerprint density at radius 1 is 0.405 bits per heavy atom. The van der Waals surface area contributed by atoms with Crippen LogP contribution in [0.2, 0.25) is 16.9 Å². The molecule has 0 aromatic heterocycles. The monoisotopic (exact) mass is 510 g/mol. The molecule has 0 N–H and O–H groups in total. The third-order valence-corrected chi connectivity index (χ3v) is 12.3. The SMILES string of the molecule is C1CCCCC2OC3[C@@H]4CCCCCCCCCCC5OC6CCCCCCCC6B(C2CCCC1)C534. The summed E-state index contributed by atoms with van der Waals surface area (Å²) in [7, 11) is 0. The van der Waals surface area contributed by atoms with Crippen LogP contribution < -0.4 is 0 Å². The lowest BCUT2D eigenvalue weighted by atomic mass is 9.20. The highest BCUT2D eigenvalue weighted by Gasteiger charge is 2.79. The predicted molar refractivity (Wildman–Crippen MR) is 157 cm³/mol. The van der Waals surface area contributed by atoms with E-state index in [0.29, 0.717) is 29.7 Å². The van der Waals surface area contributed by atoms with Gasteiger partial charge in [0.1, 0.15) is 0 Å². The fourth-order valence-electron chi connectivity index (χ4n) is 10.6. The molecule has 6 aliphatic rings. The fraction of sp³-hybridized carbons (Fsp3) is 1.00. The Balaban J connectivity index is 1.35. The molecule has 1 spiro atoms. The minimum atomic E-state index is 0.380. The largest absolute Gasteiger partial charge is 0.375 e. The Kier molecular flexibility index (Phi) is 9.62. The van der Waals surface area contributed by atoms with Crippen LogP contribution in [0.25, 0.3) is 0 Å². The Bertz CT molecular complexity index is 697. The van der Waals surface area contributed by atoms with Gasteiger partial charge in [-0.2, -0.15) is 0 Å². The molecule has 37 heavy (non-hydrogen) atoms. The molecule has 8 atom stereocenters. The Labute approximate surface area is 230 Å². The van der Waals surface area contributed by atoms with Gasteiger partial charge in [-0.05, 0) is 43.2 Å². The molecule has 7 unspecified atom stereocenters. The minimum absolute atomic E-state index is 0.380. The number of ether oxygens (including phenoxy) is 2. The van der Waals surface area contributed by atoms with Crippen molar-refractivity contribution in [2.24, 2.45) is 5.92 Å². The lowest BCUT2D eigenvalue weighted by Gasteiger charge is -2.54. The van der Waals surface area contributed by atoms with E-state index in [4.69, 9.17) is 9.47 Å². The minimum Gasteiger partial charge on any atom is -0.375 e. The van der Waals surface area contributed by atoms with Gasteiger partial charge in [0.2, 0.25) is 0 Å². The van der Waals surface area contributed by atoms with Crippen LogP contribution in [-0.2, 0) is 9.47 Å². The zero-order valence-electron chi connectivity index (χ0n) is 24.3. The van der Waals surface area contributed by atoms with Crippen molar-refractivity contribution in [3.63, 3.8) is 0 Å². The van der Waals surface area contributed by atoms with Crippen molar-refractivity contribution in [3.8, 4) is 0 Å². The Morgan fingerprint density at radius 3 is 1.35 bits per heavy atom. The van der Waals surface area contributed by atoms with Crippen LogP contribution in [0.1, 0.15) is 167 Å². The molecular formula is C34H59BO2. The van der Waals surface area contributed by atoms with Crippen LogP contribution in [0.4, 0.5) is 0 Å². The first-order valence-electron chi connectivity index (χ1n) is 17.7. The summed E-state index contributed by atoms with van der Waals surface area (Å²) in [5, 5.41) is 0.380. The molecule has 0 radical (unpaired) electrons. The van der Waals surface area contributed by atoms with Crippen molar-refractivity contribution in [3.05, 3.63) is 0 Å². The topological polar surface area (TPSA) is 18.5 Å². The highest BCUT2D eigenvalue weighted by Crippen LogP contribution is 2.78. The van der Waals surface area contributed by atoms with Crippen molar-refractivity contribution in [1.82, 2.24) is 0 Å². The molecule has 2 aliphatic heterocycles. The highest BCUT2D eigenvalue weighted by molar-refractivity contribution is 6.68.